The lowest BCUT2D eigenvalue weighted by Crippen LogP contribution is -2.41. The molecule has 1 aromatic carbocycles. The number of rotatable bonds is 2. The summed E-state index contributed by atoms with van der Waals surface area (Å²) in [6.07, 6.45) is 6.77. The number of nitrogens with zero attached hydrogens (tertiary/aromatic N) is 1. The van der Waals surface area contributed by atoms with Gasteiger partial charge in [-0.1, -0.05) is 19.3 Å². The number of halogens is 2. The molecule has 1 aliphatic heterocycles. The first-order valence-corrected chi connectivity index (χ1v) is 7.90. The van der Waals surface area contributed by atoms with E-state index in [9.17, 15) is 4.39 Å². The van der Waals surface area contributed by atoms with Gasteiger partial charge in [0, 0.05) is 24.7 Å². The molecule has 3 heteroatoms. The molecular weight excluding hydrogens is 261 g/mol. The standard InChI is InChI=1S/C16H21ClFN/c17-10-12-7-15(18)9-16(8-12)19-6-5-13-3-1-2-4-14(13)11-19/h7-9,13-14H,1-6,10-11H2. The lowest BCUT2D eigenvalue weighted by molar-refractivity contribution is 0.202. The molecule has 19 heavy (non-hydrogen) atoms. The number of piperidine rings is 1. The normalized spacial score (nSPS) is 27.2. The molecule has 2 atom stereocenters. The van der Waals surface area contributed by atoms with Crippen molar-refractivity contribution in [2.45, 2.75) is 38.0 Å². The third-order valence-corrected chi connectivity index (χ3v) is 5.06. The monoisotopic (exact) mass is 281 g/mol. The van der Waals surface area contributed by atoms with E-state index in [1.165, 1.54) is 38.2 Å². The lowest BCUT2D eigenvalue weighted by Gasteiger charge is -2.42. The molecule has 104 valence electrons. The number of hydrogen-bond acceptors (Lipinski definition) is 1. The largest absolute Gasteiger partial charge is 0.371 e. The predicted octanol–water partition coefficient (Wildman–Crippen LogP) is 4.58. The van der Waals surface area contributed by atoms with Crippen molar-refractivity contribution in [1.82, 2.24) is 0 Å². The molecule has 2 aliphatic rings. The third kappa shape index (κ3) is 2.89. The summed E-state index contributed by atoms with van der Waals surface area (Å²) < 4.78 is 13.6. The summed E-state index contributed by atoms with van der Waals surface area (Å²) in [6, 6.07) is 5.22. The van der Waals surface area contributed by atoms with Crippen LogP contribution in [0.25, 0.3) is 0 Å². The highest BCUT2D eigenvalue weighted by Gasteiger charge is 2.31. The van der Waals surface area contributed by atoms with Crippen LogP contribution in [0.4, 0.5) is 10.1 Å². The first kappa shape index (κ1) is 13.2. The Morgan fingerprint density at radius 2 is 1.89 bits per heavy atom. The summed E-state index contributed by atoms with van der Waals surface area (Å²) in [5, 5.41) is 0. The summed E-state index contributed by atoms with van der Waals surface area (Å²) >= 11 is 5.84. The van der Waals surface area contributed by atoms with Gasteiger partial charge in [0.05, 0.1) is 0 Å². The van der Waals surface area contributed by atoms with Crippen LogP contribution in [0.2, 0.25) is 0 Å². The van der Waals surface area contributed by atoms with Crippen molar-refractivity contribution in [1.29, 1.82) is 0 Å². The maximum Gasteiger partial charge on any atom is 0.125 e. The summed E-state index contributed by atoms with van der Waals surface area (Å²) in [5.74, 6) is 1.93. The van der Waals surface area contributed by atoms with Crippen LogP contribution in [0.1, 0.15) is 37.7 Å². The van der Waals surface area contributed by atoms with Crippen molar-refractivity contribution in [3.63, 3.8) is 0 Å². The average Bonchev–Trinajstić information content (AvgIpc) is 2.46. The zero-order chi connectivity index (χ0) is 13.2. The van der Waals surface area contributed by atoms with E-state index in [0.29, 0.717) is 5.88 Å². The lowest BCUT2D eigenvalue weighted by atomic mass is 9.75. The van der Waals surface area contributed by atoms with E-state index in [1.54, 1.807) is 6.07 Å². The second-order valence-electron chi connectivity index (χ2n) is 5.99. The van der Waals surface area contributed by atoms with Crippen molar-refractivity contribution >= 4 is 17.3 Å². The first-order chi connectivity index (χ1) is 9.26. The molecule has 0 bridgehead atoms. The number of alkyl halides is 1. The van der Waals surface area contributed by atoms with Gasteiger partial charge < -0.3 is 4.90 Å². The van der Waals surface area contributed by atoms with Gasteiger partial charge in [0.25, 0.3) is 0 Å². The number of benzene rings is 1. The topological polar surface area (TPSA) is 3.24 Å². The fourth-order valence-electron chi connectivity index (χ4n) is 3.73. The fourth-order valence-corrected chi connectivity index (χ4v) is 3.88. The molecule has 0 N–H and O–H groups in total. The molecule has 2 fully saturated rings. The van der Waals surface area contributed by atoms with Gasteiger partial charge in [0.15, 0.2) is 0 Å². The van der Waals surface area contributed by atoms with E-state index in [4.69, 9.17) is 11.6 Å². The van der Waals surface area contributed by atoms with Crippen LogP contribution in [-0.2, 0) is 5.88 Å². The highest BCUT2D eigenvalue weighted by molar-refractivity contribution is 6.17. The van der Waals surface area contributed by atoms with Crippen molar-refractivity contribution < 1.29 is 4.39 Å². The Balaban J connectivity index is 1.77. The van der Waals surface area contributed by atoms with E-state index in [2.05, 4.69) is 4.90 Å². The van der Waals surface area contributed by atoms with Gasteiger partial charge in [0.2, 0.25) is 0 Å². The molecule has 0 spiro atoms. The second-order valence-corrected chi connectivity index (χ2v) is 6.26. The van der Waals surface area contributed by atoms with Crippen LogP contribution in [0.3, 0.4) is 0 Å². The predicted molar refractivity (Wildman–Crippen MR) is 78.2 cm³/mol. The van der Waals surface area contributed by atoms with Crippen molar-refractivity contribution in [3.8, 4) is 0 Å². The van der Waals surface area contributed by atoms with Gasteiger partial charge in [0.1, 0.15) is 5.82 Å². The molecule has 1 saturated carbocycles. The summed E-state index contributed by atoms with van der Waals surface area (Å²) in [6.45, 7) is 2.15. The second kappa shape index (κ2) is 5.70. The SMILES string of the molecule is Fc1cc(CCl)cc(N2CCC3CCCCC3C2)c1. The van der Waals surface area contributed by atoms with Crippen molar-refractivity contribution in [2.24, 2.45) is 11.8 Å². The van der Waals surface area contributed by atoms with E-state index in [1.807, 2.05) is 6.07 Å². The number of hydrogen-bond donors (Lipinski definition) is 0. The van der Waals surface area contributed by atoms with Gasteiger partial charge >= 0.3 is 0 Å². The fraction of sp³-hybridized carbons (Fsp3) is 0.625. The molecule has 2 unspecified atom stereocenters. The molecule has 1 nitrogen and oxygen atoms in total. The van der Waals surface area contributed by atoms with E-state index >= 15 is 0 Å². The van der Waals surface area contributed by atoms with Crippen LogP contribution in [0.15, 0.2) is 18.2 Å². The van der Waals surface area contributed by atoms with Crippen LogP contribution >= 0.6 is 11.6 Å². The zero-order valence-corrected chi connectivity index (χ0v) is 12.0. The number of fused-ring (bicyclic) bond motifs is 1. The molecule has 3 rings (SSSR count). The summed E-state index contributed by atoms with van der Waals surface area (Å²) in [7, 11) is 0. The molecule has 1 heterocycles. The van der Waals surface area contributed by atoms with Crippen LogP contribution < -0.4 is 4.90 Å². The van der Waals surface area contributed by atoms with Gasteiger partial charge in [-0.2, -0.15) is 0 Å². The van der Waals surface area contributed by atoms with Crippen LogP contribution in [0, 0.1) is 17.7 Å². The molecule has 1 aromatic rings. The van der Waals surface area contributed by atoms with E-state index in [-0.39, 0.29) is 5.82 Å². The highest BCUT2D eigenvalue weighted by atomic mass is 35.5. The van der Waals surface area contributed by atoms with Gasteiger partial charge in [-0.05, 0) is 48.4 Å². The van der Waals surface area contributed by atoms with Gasteiger partial charge in [-0.25, -0.2) is 4.39 Å². The minimum absolute atomic E-state index is 0.168. The molecule has 0 amide bonds. The number of anilines is 1. The van der Waals surface area contributed by atoms with Crippen LogP contribution in [0.5, 0.6) is 0 Å². The Morgan fingerprint density at radius 1 is 1.11 bits per heavy atom. The van der Waals surface area contributed by atoms with Crippen LogP contribution in [-0.4, -0.2) is 13.1 Å². The summed E-state index contributed by atoms with van der Waals surface area (Å²) in [5.41, 5.74) is 1.89. The minimum atomic E-state index is -0.168. The third-order valence-electron chi connectivity index (χ3n) is 4.75. The maximum absolute atomic E-state index is 13.6. The van der Waals surface area contributed by atoms with E-state index < -0.39 is 0 Å². The average molecular weight is 282 g/mol. The molecule has 1 aliphatic carbocycles. The summed E-state index contributed by atoms with van der Waals surface area (Å²) in [4.78, 5) is 2.35. The van der Waals surface area contributed by atoms with Gasteiger partial charge in [-0.15, -0.1) is 11.6 Å². The van der Waals surface area contributed by atoms with Crippen molar-refractivity contribution in [2.75, 3.05) is 18.0 Å². The van der Waals surface area contributed by atoms with Crippen molar-refractivity contribution in [3.05, 3.63) is 29.6 Å². The van der Waals surface area contributed by atoms with Gasteiger partial charge in [-0.3, -0.25) is 0 Å². The Morgan fingerprint density at radius 3 is 2.68 bits per heavy atom. The highest BCUT2D eigenvalue weighted by Crippen LogP contribution is 2.37. The Hall–Kier alpha value is -0.760. The smallest absolute Gasteiger partial charge is 0.125 e. The Kier molecular flexibility index (Phi) is 3.97. The minimum Gasteiger partial charge on any atom is -0.371 e. The first-order valence-electron chi connectivity index (χ1n) is 7.36. The molecule has 0 radical (unpaired) electrons. The zero-order valence-electron chi connectivity index (χ0n) is 11.2. The molecule has 0 aromatic heterocycles. The maximum atomic E-state index is 13.6. The Labute approximate surface area is 119 Å². The molecule has 1 saturated heterocycles. The molecular formula is C16H21ClFN. The van der Waals surface area contributed by atoms with E-state index in [0.717, 1.165) is 36.2 Å². The Bertz CT molecular complexity index is 448. The quantitative estimate of drug-likeness (QED) is 0.717.